The Bertz CT molecular complexity index is 192. The van der Waals surface area contributed by atoms with E-state index in [4.69, 9.17) is 9.47 Å². The van der Waals surface area contributed by atoms with Crippen molar-refractivity contribution in [2.75, 3.05) is 13.4 Å². The standard InChI is InChI=1S/C10H14O2.C2H6/c1-10-7-5-3-2-4-6-8-11-9-12-10;1-2/h2,4-5,7H,1,3,6,8-9H2;1-2H3/b4-2-,7-5-;. The largest absolute Gasteiger partial charge is 0.468 e. The van der Waals surface area contributed by atoms with Gasteiger partial charge in [-0.2, -0.15) is 0 Å². The molecule has 0 aromatic rings. The highest BCUT2D eigenvalue weighted by atomic mass is 16.7. The molecular formula is C12H20O2. The molecule has 0 aliphatic carbocycles. The summed E-state index contributed by atoms with van der Waals surface area (Å²) in [5, 5.41) is 0. The van der Waals surface area contributed by atoms with E-state index in [9.17, 15) is 0 Å². The molecule has 0 unspecified atom stereocenters. The van der Waals surface area contributed by atoms with E-state index in [-0.39, 0.29) is 0 Å². The minimum absolute atomic E-state index is 0.303. The van der Waals surface area contributed by atoms with Gasteiger partial charge in [0.05, 0.1) is 6.61 Å². The lowest BCUT2D eigenvalue weighted by Gasteiger charge is -2.04. The van der Waals surface area contributed by atoms with Crippen LogP contribution in [0, 0.1) is 0 Å². The molecule has 1 aliphatic heterocycles. The maximum atomic E-state index is 5.17. The van der Waals surface area contributed by atoms with Crippen molar-refractivity contribution < 1.29 is 9.47 Å². The Balaban J connectivity index is 0.000000791. The van der Waals surface area contributed by atoms with Crippen LogP contribution in [0.5, 0.6) is 0 Å². The minimum atomic E-state index is 0.303. The lowest BCUT2D eigenvalue weighted by atomic mass is 10.3. The van der Waals surface area contributed by atoms with E-state index in [1.807, 2.05) is 26.0 Å². The molecule has 14 heavy (non-hydrogen) atoms. The van der Waals surface area contributed by atoms with E-state index in [0.29, 0.717) is 19.2 Å². The topological polar surface area (TPSA) is 18.5 Å². The van der Waals surface area contributed by atoms with E-state index < -0.39 is 0 Å². The molecule has 0 fully saturated rings. The first-order chi connectivity index (χ1) is 6.89. The monoisotopic (exact) mass is 196 g/mol. The van der Waals surface area contributed by atoms with Crippen molar-refractivity contribution in [2.24, 2.45) is 0 Å². The predicted octanol–water partition coefficient (Wildman–Crippen LogP) is 3.42. The molecule has 2 heteroatoms. The second-order valence-electron chi connectivity index (χ2n) is 2.53. The molecule has 2 nitrogen and oxygen atoms in total. The highest BCUT2D eigenvalue weighted by Gasteiger charge is 1.90. The van der Waals surface area contributed by atoms with Crippen molar-refractivity contribution in [3.05, 3.63) is 36.6 Å². The van der Waals surface area contributed by atoms with E-state index in [1.54, 1.807) is 0 Å². The highest BCUT2D eigenvalue weighted by Crippen LogP contribution is 2.00. The Morgan fingerprint density at radius 2 is 2.00 bits per heavy atom. The van der Waals surface area contributed by atoms with Crippen molar-refractivity contribution in [3.63, 3.8) is 0 Å². The van der Waals surface area contributed by atoms with Crippen molar-refractivity contribution in [2.45, 2.75) is 26.7 Å². The van der Waals surface area contributed by atoms with Crippen molar-refractivity contribution in [1.82, 2.24) is 0 Å². The van der Waals surface area contributed by atoms with Crippen molar-refractivity contribution >= 4 is 0 Å². The van der Waals surface area contributed by atoms with E-state index in [1.165, 1.54) is 0 Å². The Kier molecular flexibility index (Phi) is 9.33. The quantitative estimate of drug-likeness (QED) is 0.553. The van der Waals surface area contributed by atoms with Gasteiger partial charge in [-0.3, -0.25) is 0 Å². The van der Waals surface area contributed by atoms with Gasteiger partial charge in [0.1, 0.15) is 5.76 Å². The summed E-state index contributed by atoms with van der Waals surface area (Å²) in [6.45, 7) is 8.72. The Morgan fingerprint density at radius 1 is 1.21 bits per heavy atom. The van der Waals surface area contributed by atoms with Gasteiger partial charge in [0.25, 0.3) is 0 Å². The van der Waals surface area contributed by atoms with Gasteiger partial charge in [0, 0.05) is 0 Å². The van der Waals surface area contributed by atoms with Crippen LogP contribution in [0.4, 0.5) is 0 Å². The number of hydrogen-bond donors (Lipinski definition) is 0. The van der Waals surface area contributed by atoms with Gasteiger partial charge in [0.15, 0.2) is 6.79 Å². The highest BCUT2D eigenvalue weighted by molar-refractivity contribution is 5.08. The van der Waals surface area contributed by atoms with Gasteiger partial charge in [0.2, 0.25) is 0 Å². The molecule has 80 valence electrons. The summed E-state index contributed by atoms with van der Waals surface area (Å²) < 4.78 is 10.3. The first kappa shape index (κ1) is 13.0. The summed E-state index contributed by atoms with van der Waals surface area (Å²) in [6, 6.07) is 0. The van der Waals surface area contributed by atoms with Crippen LogP contribution < -0.4 is 0 Å². The summed E-state index contributed by atoms with van der Waals surface area (Å²) in [6.07, 6.45) is 9.98. The van der Waals surface area contributed by atoms with Crippen LogP contribution in [0.1, 0.15) is 26.7 Å². The van der Waals surface area contributed by atoms with Crippen LogP contribution in [-0.2, 0) is 9.47 Å². The molecule has 0 aromatic carbocycles. The lowest BCUT2D eigenvalue weighted by molar-refractivity contribution is -0.0169. The second kappa shape index (κ2) is 10.1. The third-order valence-electron chi connectivity index (χ3n) is 1.50. The second-order valence-corrected chi connectivity index (χ2v) is 2.53. The predicted molar refractivity (Wildman–Crippen MR) is 59.9 cm³/mol. The fourth-order valence-electron chi connectivity index (χ4n) is 0.868. The molecule has 0 aromatic heterocycles. The lowest BCUT2D eigenvalue weighted by Crippen LogP contribution is -1.99. The molecule has 1 heterocycles. The van der Waals surface area contributed by atoms with Crippen LogP contribution in [0.3, 0.4) is 0 Å². The summed E-state index contributed by atoms with van der Waals surface area (Å²) in [4.78, 5) is 0. The third kappa shape index (κ3) is 7.62. The van der Waals surface area contributed by atoms with Gasteiger partial charge in [-0.1, -0.05) is 38.7 Å². The molecule has 0 atom stereocenters. The molecule has 0 bridgehead atoms. The maximum absolute atomic E-state index is 5.17. The summed E-state index contributed by atoms with van der Waals surface area (Å²) >= 11 is 0. The zero-order valence-electron chi connectivity index (χ0n) is 9.16. The van der Waals surface area contributed by atoms with Crippen LogP contribution in [0.15, 0.2) is 36.6 Å². The van der Waals surface area contributed by atoms with Crippen molar-refractivity contribution in [3.8, 4) is 0 Å². The molecule has 0 amide bonds. The smallest absolute Gasteiger partial charge is 0.189 e. The van der Waals surface area contributed by atoms with Crippen LogP contribution in [0.2, 0.25) is 0 Å². The van der Waals surface area contributed by atoms with Crippen LogP contribution in [0.25, 0.3) is 0 Å². The molecule has 0 spiro atoms. The fraction of sp³-hybridized carbons (Fsp3) is 0.500. The third-order valence-corrected chi connectivity index (χ3v) is 1.50. The zero-order valence-corrected chi connectivity index (χ0v) is 9.16. The van der Waals surface area contributed by atoms with E-state index >= 15 is 0 Å². The van der Waals surface area contributed by atoms with Crippen LogP contribution >= 0.6 is 0 Å². The molecule has 0 saturated heterocycles. The first-order valence-corrected chi connectivity index (χ1v) is 5.10. The molecule has 0 N–H and O–H groups in total. The number of allylic oxidation sites excluding steroid dienone is 3. The van der Waals surface area contributed by atoms with Gasteiger partial charge in [-0.05, 0) is 18.9 Å². The number of ether oxygens (including phenoxy) is 2. The first-order valence-electron chi connectivity index (χ1n) is 5.10. The van der Waals surface area contributed by atoms with Gasteiger partial charge in [-0.15, -0.1) is 0 Å². The summed E-state index contributed by atoms with van der Waals surface area (Å²) in [7, 11) is 0. The molecule has 0 saturated carbocycles. The van der Waals surface area contributed by atoms with Gasteiger partial charge >= 0.3 is 0 Å². The Hall–Kier alpha value is -1.02. The molecular weight excluding hydrogens is 176 g/mol. The molecule has 1 aliphatic rings. The molecule has 0 radical (unpaired) electrons. The van der Waals surface area contributed by atoms with Crippen molar-refractivity contribution in [1.29, 1.82) is 0 Å². The van der Waals surface area contributed by atoms with E-state index in [2.05, 4.69) is 18.7 Å². The maximum Gasteiger partial charge on any atom is 0.189 e. The van der Waals surface area contributed by atoms with Gasteiger partial charge < -0.3 is 9.47 Å². The average molecular weight is 196 g/mol. The van der Waals surface area contributed by atoms with Crippen LogP contribution in [-0.4, -0.2) is 13.4 Å². The average Bonchev–Trinajstić information content (AvgIpc) is 2.27. The van der Waals surface area contributed by atoms with E-state index in [0.717, 1.165) is 12.8 Å². The summed E-state index contributed by atoms with van der Waals surface area (Å²) in [5.41, 5.74) is 0. The Labute approximate surface area is 86.9 Å². The summed E-state index contributed by atoms with van der Waals surface area (Å²) in [5.74, 6) is 0.658. The zero-order chi connectivity index (χ0) is 10.6. The SMILES string of the molecule is C=C1/C=C\C/C=C\CCOCO1.CC. The number of hydrogen-bond acceptors (Lipinski definition) is 2. The normalized spacial score (nSPS) is 22.0. The van der Waals surface area contributed by atoms with Gasteiger partial charge in [-0.25, -0.2) is 0 Å². The Morgan fingerprint density at radius 3 is 2.79 bits per heavy atom. The minimum Gasteiger partial charge on any atom is -0.468 e. The molecule has 1 rings (SSSR count). The fourth-order valence-corrected chi connectivity index (χ4v) is 0.868. The number of rotatable bonds is 0.